The van der Waals surface area contributed by atoms with E-state index in [-0.39, 0.29) is 37.0 Å². The molecule has 3 aromatic rings. The molecule has 1 amide bonds. The van der Waals surface area contributed by atoms with Crippen molar-refractivity contribution in [2.45, 2.75) is 58.4 Å². The van der Waals surface area contributed by atoms with Crippen molar-refractivity contribution in [3.63, 3.8) is 0 Å². The van der Waals surface area contributed by atoms with Gasteiger partial charge in [0.15, 0.2) is 11.5 Å². The Morgan fingerprint density at radius 1 is 1.06 bits per heavy atom. The Morgan fingerprint density at radius 3 is 2.68 bits per heavy atom. The minimum absolute atomic E-state index is 0.0102. The van der Waals surface area contributed by atoms with E-state index in [9.17, 15) is 9.59 Å². The number of ketones is 1. The molecular formula is C24H27N3O4. The highest BCUT2D eigenvalue weighted by atomic mass is 16.4. The number of aryl methyl sites for hydroxylation is 2. The van der Waals surface area contributed by atoms with Crippen LogP contribution in [0.15, 0.2) is 45.4 Å². The summed E-state index contributed by atoms with van der Waals surface area (Å²) >= 11 is 0. The van der Waals surface area contributed by atoms with Gasteiger partial charge in [-0.25, -0.2) is 0 Å². The lowest BCUT2D eigenvalue weighted by molar-refractivity contribution is -0.132. The topological polar surface area (TPSA) is 89.4 Å². The van der Waals surface area contributed by atoms with Crippen LogP contribution in [0.25, 0.3) is 11.7 Å². The number of carbonyl (C=O) groups is 2. The second-order valence-corrected chi connectivity index (χ2v) is 7.91. The molecule has 7 heteroatoms. The van der Waals surface area contributed by atoms with Crippen molar-refractivity contribution in [2.75, 3.05) is 6.54 Å². The first-order chi connectivity index (χ1) is 15.1. The molecule has 1 aromatic carbocycles. The lowest BCUT2D eigenvalue weighted by atomic mass is 9.89. The summed E-state index contributed by atoms with van der Waals surface area (Å²) in [6.07, 6.45) is 7.19. The van der Waals surface area contributed by atoms with Crippen LogP contribution in [0.5, 0.6) is 0 Å². The largest absolute Gasteiger partial charge is 0.459 e. The Balaban J connectivity index is 1.35. The summed E-state index contributed by atoms with van der Waals surface area (Å²) in [5.41, 5.74) is 3.33. The van der Waals surface area contributed by atoms with Gasteiger partial charge in [0, 0.05) is 24.9 Å². The van der Waals surface area contributed by atoms with Gasteiger partial charge in [-0.15, -0.1) is 10.2 Å². The monoisotopic (exact) mass is 421 g/mol. The number of rotatable bonds is 9. The van der Waals surface area contributed by atoms with Crippen LogP contribution < -0.4 is 0 Å². The van der Waals surface area contributed by atoms with E-state index >= 15 is 0 Å². The van der Waals surface area contributed by atoms with Gasteiger partial charge in [-0.3, -0.25) is 9.59 Å². The molecule has 1 aliphatic rings. The smallest absolute Gasteiger partial charge is 0.283 e. The number of Topliss-reactive ketones (excluding diaryl/α,β-unsaturated/α-hetero) is 1. The Hall–Kier alpha value is -3.22. The number of benzene rings is 1. The van der Waals surface area contributed by atoms with Gasteiger partial charge < -0.3 is 13.7 Å². The Bertz CT molecular complexity index is 1040. The number of furan rings is 1. The number of hydrogen-bond donors (Lipinski definition) is 0. The fraction of sp³-hybridized carbons (Fsp3) is 0.417. The molecule has 0 aliphatic heterocycles. The molecule has 2 heterocycles. The van der Waals surface area contributed by atoms with Gasteiger partial charge in [0.2, 0.25) is 11.8 Å². The van der Waals surface area contributed by atoms with E-state index in [0.717, 1.165) is 19.3 Å². The maximum absolute atomic E-state index is 12.8. The van der Waals surface area contributed by atoms with Crippen LogP contribution in [0.2, 0.25) is 0 Å². The molecule has 0 unspecified atom stereocenters. The molecule has 0 N–H and O–H groups in total. The molecule has 0 bridgehead atoms. The predicted molar refractivity (Wildman–Crippen MR) is 114 cm³/mol. The number of amides is 1. The fourth-order valence-electron chi connectivity index (χ4n) is 3.97. The number of nitrogens with zero attached hydrogens (tertiary/aromatic N) is 3. The SMILES string of the molecule is CCCN(Cc1nnc(-c2ccco2)o1)C(=O)CCC(=O)c1ccc2c(c1)CCCC2. The van der Waals surface area contributed by atoms with Crippen molar-refractivity contribution < 1.29 is 18.4 Å². The molecule has 0 atom stereocenters. The number of aromatic nitrogens is 2. The molecule has 0 spiro atoms. The molecular weight excluding hydrogens is 394 g/mol. The summed E-state index contributed by atoms with van der Waals surface area (Å²) in [6, 6.07) is 9.46. The molecule has 0 saturated carbocycles. The zero-order chi connectivity index (χ0) is 21.6. The highest BCUT2D eigenvalue weighted by molar-refractivity contribution is 5.98. The van der Waals surface area contributed by atoms with Crippen LogP contribution in [0.3, 0.4) is 0 Å². The van der Waals surface area contributed by atoms with E-state index in [1.807, 2.05) is 19.1 Å². The second-order valence-electron chi connectivity index (χ2n) is 7.91. The molecule has 4 rings (SSSR count). The van der Waals surface area contributed by atoms with E-state index in [4.69, 9.17) is 8.83 Å². The first-order valence-corrected chi connectivity index (χ1v) is 10.9. The van der Waals surface area contributed by atoms with Crippen LogP contribution >= 0.6 is 0 Å². The molecule has 0 radical (unpaired) electrons. The summed E-state index contributed by atoms with van der Waals surface area (Å²) in [4.78, 5) is 27.2. The maximum atomic E-state index is 12.8. The van der Waals surface area contributed by atoms with Crippen LogP contribution in [0.1, 0.15) is 66.4 Å². The fourth-order valence-corrected chi connectivity index (χ4v) is 3.97. The number of carbonyl (C=O) groups excluding carboxylic acids is 2. The minimum Gasteiger partial charge on any atom is -0.459 e. The normalized spacial score (nSPS) is 13.1. The van der Waals surface area contributed by atoms with Gasteiger partial charge in [-0.05, 0) is 61.4 Å². The summed E-state index contributed by atoms with van der Waals surface area (Å²) in [6.45, 7) is 2.78. The van der Waals surface area contributed by atoms with E-state index in [1.54, 1.807) is 17.0 Å². The molecule has 162 valence electrons. The highest BCUT2D eigenvalue weighted by Crippen LogP contribution is 2.23. The average molecular weight is 421 g/mol. The summed E-state index contributed by atoms with van der Waals surface area (Å²) in [5.74, 6) is 1.03. The first-order valence-electron chi connectivity index (χ1n) is 10.9. The molecule has 0 fully saturated rings. The van der Waals surface area contributed by atoms with Crippen LogP contribution in [0, 0.1) is 0 Å². The highest BCUT2D eigenvalue weighted by Gasteiger charge is 2.20. The minimum atomic E-state index is -0.0918. The van der Waals surface area contributed by atoms with Gasteiger partial charge >= 0.3 is 0 Å². The van der Waals surface area contributed by atoms with Crippen molar-refractivity contribution >= 4 is 11.7 Å². The van der Waals surface area contributed by atoms with E-state index < -0.39 is 0 Å². The van der Waals surface area contributed by atoms with Crippen molar-refractivity contribution in [3.05, 3.63) is 59.2 Å². The van der Waals surface area contributed by atoms with Gasteiger partial charge in [-0.2, -0.15) is 0 Å². The maximum Gasteiger partial charge on any atom is 0.283 e. The third kappa shape index (κ3) is 5.10. The van der Waals surface area contributed by atoms with Crippen LogP contribution in [-0.4, -0.2) is 33.3 Å². The summed E-state index contributed by atoms with van der Waals surface area (Å²) in [7, 11) is 0. The van der Waals surface area contributed by atoms with Gasteiger partial charge in [0.25, 0.3) is 5.89 Å². The van der Waals surface area contributed by atoms with Crippen molar-refractivity contribution in [2.24, 2.45) is 0 Å². The van der Waals surface area contributed by atoms with E-state index in [1.165, 1.54) is 30.2 Å². The third-order valence-electron chi connectivity index (χ3n) is 5.61. The zero-order valence-electron chi connectivity index (χ0n) is 17.8. The Labute approximate surface area is 181 Å². The molecule has 1 aliphatic carbocycles. The predicted octanol–water partition coefficient (Wildman–Crippen LogP) is 4.61. The first kappa shape index (κ1) is 21.0. The van der Waals surface area contributed by atoms with Gasteiger partial charge in [0.1, 0.15) is 0 Å². The van der Waals surface area contributed by atoms with E-state index in [2.05, 4.69) is 16.3 Å². The quantitative estimate of drug-likeness (QED) is 0.469. The second kappa shape index (κ2) is 9.73. The van der Waals surface area contributed by atoms with Crippen molar-refractivity contribution in [1.29, 1.82) is 0 Å². The van der Waals surface area contributed by atoms with Gasteiger partial charge in [-0.1, -0.05) is 19.1 Å². The standard InChI is InChI=1S/C24H27N3O4/c1-2-13-27(16-22-25-26-24(31-22)21-8-5-14-30-21)23(29)12-11-20(28)19-10-9-17-6-3-4-7-18(17)15-19/h5,8-10,14-15H,2-4,6-7,11-13,16H2,1H3. The number of fused-ring (bicyclic) bond motifs is 1. The lowest BCUT2D eigenvalue weighted by Gasteiger charge is -2.20. The summed E-state index contributed by atoms with van der Waals surface area (Å²) < 4.78 is 10.9. The molecule has 31 heavy (non-hydrogen) atoms. The molecule has 7 nitrogen and oxygen atoms in total. The van der Waals surface area contributed by atoms with Crippen molar-refractivity contribution in [1.82, 2.24) is 15.1 Å². The average Bonchev–Trinajstić information content (AvgIpc) is 3.48. The molecule has 0 saturated heterocycles. The molecule has 2 aromatic heterocycles. The zero-order valence-corrected chi connectivity index (χ0v) is 17.8. The van der Waals surface area contributed by atoms with Crippen molar-refractivity contribution in [3.8, 4) is 11.7 Å². The van der Waals surface area contributed by atoms with E-state index in [0.29, 0.717) is 23.8 Å². The van der Waals surface area contributed by atoms with Crippen LogP contribution in [0.4, 0.5) is 0 Å². The Kier molecular flexibility index (Phi) is 6.60. The summed E-state index contributed by atoms with van der Waals surface area (Å²) in [5, 5.41) is 8.00. The van der Waals surface area contributed by atoms with Crippen LogP contribution in [-0.2, 0) is 24.2 Å². The third-order valence-corrected chi connectivity index (χ3v) is 5.61. The lowest BCUT2D eigenvalue weighted by Crippen LogP contribution is -2.31. The Morgan fingerprint density at radius 2 is 1.90 bits per heavy atom. The number of hydrogen-bond acceptors (Lipinski definition) is 6. The van der Waals surface area contributed by atoms with Gasteiger partial charge in [0.05, 0.1) is 12.8 Å².